The second-order valence-electron chi connectivity index (χ2n) is 19.1. The van der Waals surface area contributed by atoms with Gasteiger partial charge in [-0.25, -0.2) is 32.8 Å². The van der Waals surface area contributed by atoms with Crippen molar-refractivity contribution >= 4 is 15.8 Å². The van der Waals surface area contributed by atoms with Crippen molar-refractivity contribution in [2.45, 2.75) is 164 Å². The van der Waals surface area contributed by atoms with E-state index in [1.54, 1.807) is 0 Å². The third kappa shape index (κ3) is 6.01. The van der Waals surface area contributed by atoms with Gasteiger partial charge >= 0.3 is 5.97 Å². The minimum absolute atomic E-state index is 0.00423. The molecule has 2 aliphatic carbocycles. The number of carboxylic acid groups (broad SMARTS) is 1. The fraction of sp³-hybridized carbons (Fsp3) is 0.829. The maximum atomic E-state index is 14.3. The molecule has 0 aromatic heterocycles. The highest BCUT2D eigenvalue weighted by Crippen LogP contribution is 2.63. The lowest BCUT2D eigenvalue weighted by Gasteiger charge is -2.61. The highest BCUT2D eigenvalue weighted by Gasteiger charge is 2.71. The van der Waals surface area contributed by atoms with Crippen LogP contribution in [0.3, 0.4) is 0 Å². The molecule has 0 amide bonds. The molecule has 306 valence electrons. The van der Waals surface area contributed by atoms with E-state index in [0.717, 1.165) is 38.5 Å². The number of benzene rings is 1. The van der Waals surface area contributed by atoms with E-state index in [-0.39, 0.29) is 58.8 Å². The van der Waals surface area contributed by atoms with E-state index in [9.17, 15) is 23.4 Å². The van der Waals surface area contributed by atoms with Gasteiger partial charge in [-0.3, -0.25) is 0 Å². The Balaban J connectivity index is 1.06. The van der Waals surface area contributed by atoms with Crippen molar-refractivity contribution in [3.05, 3.63) is 29.8 Å². The summed E-state index contributed by atoms with van der Waals surface area (Å²) in [4.78, 5) is 36.3. The van der Waals surface area contributed by atoms with Gasteiger partial charge in [-0.05, 0) is 112 Å². The number of rotatable bonds is 8. The van der Waals surface area contributed by atoms with Crippen LogP contribution >= 0.6 is 0 Å². The highest BCUT2D eigenvalue weighted by atomic mass is 32.2. The number of fused-ring (bicyclic) bond motifs is 4. The van der Waals surface area contributed by atoms with Crippen LogP contribution in [0.2, 0.25) is 0 Å². The van der Waals surface area contributed by atoms with Crippen LogP contribution in [0.15, 0.2) is 29.2 Å². The van der Waals surface area contributed by atoms with Gasteiger partial charge in [-0.15, -0.1) is 0 Å². The Morgan fingerprint density at radius 2 is 1.16 bits per heavy atom. The van der Waals surface area contributed by atoms with E-state index in [0.29, 0.717) is 24.7 Å². The van der Waals surface area contributed by atoms with Crippen molar-refractivity contribution in [3.8, 4) is 0 Å². The monoisotopic (exact) mass is 790 g/mol. The van der Waals surface area contributed by atoms with E-state index in [1.165, 1.54) is 24.3 Å². The number of hydrogen-bond donors (Lipinski definition) is 2. The second-order valence-corrected chi connectivity index (χ2v) is 21.1. The summed E-state index contributed by atoms with van der Waals surface area (Å²) >= 11 is 0. The molecule has 1 aromatic carbocycles. The molecule has 2 N–H and O–H groups in total. The van der Waals surface area contributed by atoms with Gasteiger partial charge in [-0.2, -0.15) is 0 Å². The van der Waals surface area contributed by atoms with Gasteiger partial charge < -0.3 is 29.2 Å². The summed E-state index contributed by atoms with van der Waals surface area (Å²) in [6, 6.07) is 5.13. The van der Waals surface area contributed by atoms with Crippen molar-refractivity contribution in [2.24, 2.45) is 47.3 Å². The molecule has 1 aromatic rings. The number of aliphatic hydroxyl groups is 1. The minimum Gasteiger partial charge on any atom is -0.478 e. The predicted octanol–water partition coefficient (Wildman–Crippen LogP) is 6.17. The van der Waals surface area contributed by atoms with Crippen LogP contribution < -0.4 is 0 Å². The van der Waals surface area contributed by atoms with E-state index >= 15 is 0 Å². The third-order valence-corrected chi connectivity index (χ3v) is 17.6. The van der Waals surface area contributed by atoms with Gasteiger partial charge in [0.15, 0.2) is 33.6 Å². The maximum Gasteiger partial charge on any atom is 0.335 e. The molecule has 10 aliphatic rings. The van der Waals surface area contributed by atoms with Gasteiger partial charge in [0, 0.05) is 37.5 Å². The van der Waals surface area contributed by atoms with Crippen molar-refractivity contribution in [2.75, 3.05) is 5.75 Å². The minimum atomic E-state index is -4.15. The molecule has 11 rings (SSSR count). The topological polar surface area (TPSA) is 166 Å². The average molecular weight is 791 g/mol. The maximum absolute atomic E-state index is 14.3. The SMILES string of the molecule is C[C@@H]1CC[C@H]2[C@@H](C)C(CC(O)(CC3OC4O[C@]5(C)CC[C@H]6[C@H](C)CC[C@@H]([C@H]3C)C46OO5)CS(=O)(=O)c3ccc(C(=O)O)cc3)OC3O[C@]4(C)CCC1C32OO4. The van der Waals surface area contributed by atoms with Gasteiger partial charge in [-0.1, -0.05) is 27.7 Å². The zero-order valence-corrected chi connectivity index (χ0v) is 33.6. The molecular weight excluding hydrogens is 733 g/mol. The molecule has 0 radical (unpaired) electrons. The quantitative estimate of drug-likeness (QED) is 0.288. The molecule has 4 bridgehead atoms. The zero-order chi connectivity index (χ0) is 38.9. The Morgan fingerprint density at radius 3 is 1.60 bits per heavy atom. The fourth-order valence-corrected chi connectivity index (χ4v) is 14.3. The van der Waals surface area contributed by atoms with Crippen LogP contribution in [0.5, 0.6) is 0 Å². The molecule has 2 spiro atoms. The van der Waals surface area contributed by atoms with Gasteiger partial charge in [0.25, 0.3) is 0 Å². The molecule has 55 heavy (non-hydrogen) atoms. The third-order valence-electron chi connectivity index (χ3n) is 15.7. The Morgan fingerprint density at radius 1 is 0.709 bits per heavy atom. The smallest absolute Gasteiger partial charge is 0.335 e. The zero-order valence-electron chi connectivity index (χ0n) is 32.8. The summed E-state index contributed by atoms with van der Waals surface area (Å²) < 4.78 is 55.7. The number of sulfone groups is 1. The summed E-state index contributed by atoms with van der Waals surface area (Å²) in [5, 5.41) is 22.5. The van der Waals surface area contributed by atoms with E-state index in [4.69, 9.17) is 38.5 Å². The highest BCUT2D eigenvalue weighted by molar-refractivity contribution is 7.91. The van der Waals surface area contributed by atoms with E-state index in [1.807, 2.05) is 13.8 Å². The lowest BCUT2D eigenvalue weighted by atomic mass is 9.56. The van der Waals surface area contributed by atoms with E-state index in [2.05, 4.69) is 27.7 Å². The Bertz CT molecular complexity index is 1690. The molecule has 14 heteroatoms. The second kappa shape index (κ2) is 13.1. The number of carboxylic acids is 1. The van der Waals surface area contributed by atoms with Crippen LogP contribution in [0.25, 0.3) is 0 Å². The summed E-state index contributed by atoms with van der Waals surface area (Å²) in [5.41, 5.74) is -3.48. The van der Waals surface area contributed by atoms with E-state index < -0.39 is 74.7 Å². The number of ether oxygens (including phenoxy) is 4. The van der Waals surface area contributed by atoms with Crippen LogP contribution in [-0.2, 0) is 48.3 Å². The van der Waals surface area contributed by atoms with Crippen molar-refractivity contribution in [1.82, 2.24) is 0 Å². The van der Waals surface area contributed by atoms with Crippen molar-refractivity contribution < 1.29 is 61.9 Å². The molecular formula is C41H58O13S. The number of hydrogen-bond acceptors (Lipinski definition) is 12. The Labute approximate surface area is 323 Å². The standard InChI is InChI=1S/C41H58O13S/c1-22-7-13-30-24(3)32(47-35-40(30)28(22)15-17-37(5,49-35)51-53-40)19-39(44,21-55(45,46)27-11-9-26(10-12-27)34(42)43)20-33-25(4)31-14-8-23(2)29-16-18-38(6)50-36(48-33)41(29,31)54-52-38/h9-12,22-25,28-33,35-36,44H,7-8,13-21H2,1-6H3,(H,42,43)/t22-,23-,24-,25-,28+,29?,30+,31+,32?,33?,35?,36?,37+,38+,39?,40?,41?/m1/s1. The predicted molar refractivity (Wildman–Crippen MR) is 193 cm³/mol. The van der Waals surface area contributed by atoms with Crippen molar-refractivity contribution in [1.29, 1.82) is 0 Å². The number of aromatic carboxylic acids is 1. The summed E-state index contributed by atoms with van der Waals surface area (Å²) in [6.45, 7) is 12.5. The molecule has 8 saturated heterocycles. The molecule has 10 fully saturated rings. The van der Waals surface area contributed by atoms with Crippen molar-refractivity contribution in [3.63, 3.8) is 0 Å². The Hall–Kier alpha value is -1.72. The Kier molecular flexibility index (Phi) is 9.27. The molecule has 8 heterocycles. The van der Waals surface area contributed by atoms with Crippen LogP contribution in [0, 0.1) is 47.3 Å². The van der Waals surface area contributed by atoms with Crippen LogP contribution in [0.4, 0.5) is 0 Å². The molecule has 2 saturated carbocycles. The summed E-state index contributed by atoms with van der Waals surface area (Å²) in [5.74, 6) is -2.97. The van der Waals surface area contributed by atoms with Crippen LogP contribution in [0.1, 0.15) is 116 Å². The molecule has 8 aliphatic heterocycles. The first kappa shape index (κ1) is 38.8. The first-order valence-electron chi connectivity index (χ1n) is 20.6. The average Bonchev–Trinajstić information content (AvgIpc) is 3.50. The van der Waals surface area contributed by atoms with Gasteiger partial charge in [0.2, 0.25) is 11.6 Å². The lowest BCUT2D eigenvalue weighted by Crippen LogP contribution is -2.71. The molecule has 13 nitrogen and oxygen atoms in total. The number of carbonyl (C=O) groups is 1. The normalized spacial score (nSPS) is 49.9. The van der Waals surface area contributed by atoms with Gasteiger partial charge in [0.05, 0.1) is 34.0 Å². The summed E-state index contributed by atoms with van der Waals surface area (Å²) in [7, 11) is -4.15. The van der Waals surface area contributed by atoms with Crippen LogP contribution in [-0.4, -0.2) is 83.5 Å². The van der Waals surface area contributed by atoms with Gasteiger partial charge in [0.1, 0.15) is 0 Å². The fourth-order valence-electron chi connectivity index (χ4n) is 12.6. The molecule has 17 atom stereocenters. The summed E-state index contributed by atoms with van der Waals surface area (Å²) in [6.07, 6.45) is 4.13. The first-order valence-corrected chi connectivity index (χ1v) is 22.2. The largest absolute Gasteiger partial charge is 0.478 e. The first-order chi connectivity index (χ1) is 25.9. The lowest BCUT2D eigenvalue weighted by molar-refractivity contribution is -0.572. The molecule has 8 unspecified atom stereocenters.